The molecule has 0 aliphatic carbocycles. The summed E-state index contributed by atoms with van der Waals surface area (Å²) >= 11 is 0. The van der Waals surface area contributed by atoms with Gasteiger partial charge in [0, 0.05) is 12.6 Å². The van der Waals surface area contributed by atoms with Crippen molar-refractivity contribution < 1.29 is 12.9 Å². The Hall–Kier alpha value is -0.880. The fourth-order valence-electron chi connectivity index (χ4n) is 2.39. The van der Waals surface area contributed by atoms with Gasteiger partial charge in [0.05, 0.1) is 0 Å². The molecule has 1 aromatic heterocycles. The summed E-state index contributed by atoms with van der Waals surface area (Å²) in [5.41, 5.74) is 0.445. The lowest BCUT2D eigenvalue weighted by molar-refractivity contribution is 0.268. The largest absolute Gasteiger partial charge is 0.360 e. The monoisotopic (exact) mass is 258 g/mol. The van der Waals surface area contributed by atoms with E-state index in [0.717, 1.165) is 19.3 Å². The molecular weight excluding hydrogens is 240 g/mol. The van der Waals surface area contributed by atoms with Crippen LogP contribution in [0.15, 0.2) is 9.42 Å². The average Bonchev–Trinajstić information content (AvgIpc) is 2.59. The van der Waals surface area contributed by atoms with Crippen molar-refractivity contribution in [3.8, 4) is 0 Å². The van der Waals surface area contributed by atoms with Crippen LogP contribution in [0, 0.1) is 13.8 Å². The predicted molar refractivity (Wildman–Crippen MR) is 63.2 cm³/mol. The van der Waals surface area contributed by atoms with E-state index in [1.165, 1.54) is 0 Å². The van der Waals surface area contributed by atoms with E-state index in [0.29, 0.717) is 18.0 Å². The second-order valence-corrected chi connectivity index (χ2v) is 6.44. The highest BCUT2D eigenvalue weighted by Gasteiger charge is 2.35. The van der Waals surface area contributed by atoms with Crippen molar-refractivity contribution in [2.24, 2.45) is 0 Å². The van der Waals surface area contributed by atoms with Crippen LogP contribution >= 0.6 is 0 Å². The molecular formula is C11H18N2O3S. The Labute approximate surface area is 102 Å². The molecule has 1 atom stereocenters. The molecule has 1 aliphatic heterocycles. The molecule has 0 N–H and O–H groups in total. The van der Waals surface area contributed by atoms with Crippen molar-refractivity contribution in [3.05, 3.63) is 11.5 Å². The Balaban J connectivity index is 2.42. The van der Waals surface area contributed by atoms with E-state index in [9.17, 15) is 8.42 Å². The molecule has 5 nitrogen and oxygen atoms in total. The molecule has 0 amide bonds. The van der Waals surface area contributed by atoms with Crippen LogP contribution < -0.4 is 0 Å². The number of piperidine rings is 1. The van der Waals surface area contributed by atoms with Gasteiger partial charge in [0.15, 0.2) is 5.76 Å². The van der Waals surface area contributed by atoms with E-state index < -0.39 is 10.0 Å². The Morgan fingerprint density at radius 3 is 2.59 bits per heavy atom. The summed E-state index contributed by atoms with van der Waals surface area (Å²) < 4.78 is 31.6. The van der Waals surface area contributed by atoms with Crippen LogP contribution in [0.2, 0.25) is 0 Å². The lowest BCUT2D eigenvalue weighted by atomic mass is 10.1. The first-order chi connectivity index (χ1) is 7.94. The maximum absolute atomic E-state index is 12.5. The first-order valence-corrected chi connectivity index (χ1v) is 7.33. The minimum atomic E-state index is -3.45. The summed E-state index contributed by atoms with van der Waals surface area (Å²) in [7, 11) is -3.45. The molecule has 1 unspecified atom stereocenters. The first-order valence-electron chi connectivity index (χ1n) is 5.89. The number of rotatable bonds is 2. The van der Waals surface area contributed by atoms with Gasteiger partial charge in [-0.1, -0.05) is 11.6 Å². The van der Waals surface area contributed by atoms with Gasteiger partial charge in [0.2, 0.25) is 10.0 Å². The smallest absolute Gasteiger partial charge is 0.248 e. The number of hydrogen-bond donors (Lipinski definition) is 0. The number of hydrogen-bond acceptors (Lipinski definition) is 4. The molecule has 0 spiro atoms. The van der Waals surface area contributed by atoms with Crippen LogP contribution in [-0.2, 0) is 10.0 Å². The molecule has 96 valence electrons. The van der Waals surface area contributed by atoms with Crippen LogP contribution in [0.25, 0.3) is 0 Å². The minimum Gasteiger partial charge on any atom is -0.360 e. The predicted octanol–water partition coefficient (Wildman–Crippen LogP) is 1.85. The number of sulfonamides is 1. The summed E-state index contributed by atoms with van der Waals surface area (Å²) in [4.78, 5) is 0.242. The summed E-state index contributed by atoms with van der Waals surface area (Å²) in [6, 6.07) is 0.0578. The van der Waals surface area contributed by atoms with Gasteiger partial charge >= 0.3 is 0 Å². The van der Waals surface area contributed by atoms with Crippen LogP contribution in [0.3, 0.4) is 0 Å². The Bertz CT molecular complexity index is 487. The summed E-state index contributed by atoms with van der Waals surface area (Å²) in [6.45, 7) is 5.85. The van der Waals surface area contributed by atoms with E-state index in [-0.39, 0.29) is 10.9 Å². The molecule has 6 heteroatoms. The standard InChI is InChI=1S/C11H18N2O3S/c1-8-6-4-5-7-13(8)17(14,15)11-9(2)12-16-10(11)3/h8H,4-7H2,1-3H3. The third kappa shape index (κ3) is 2.11. The van der Waals surface area contributed by atoms with Crippen molar-refractivity contribution >= 4 is 10.0 Å². The third-order valence-corrected chi connectivity index (χ3v) is 5.54. The van der Waals surface area contributed by atoms with Crippen LogP contribution in [0.5, 0.6) is 0 Å². The van der Waals surface area contributed by atoms with Gasteiger partial charge in [-0.15, -0.1) is 0 Å². The molecule has 17 heavy (non-hydrogen) atoms. The molecule has 1 saturated heterocycles. The maximum atomic E-state index is 12.5. The lowest BCUT2D eigenvalue weighted by Crippen LogP contribution is -2.42. The van der Waals surface area contributed by atoms with E-state index >= 15 is 0 Å². The number of aryl methyl sites for hydroxylation is 2. The van der Waals surface area contributed by atoms with Crippen LogP contribution in [-0.4, -0.2) is 30.5 Å². The highest BCUT2D eigenvalue weighted by molar-refractivity contribution is 7.89. The van der Waals surface area contributed by atoms with Crippen LogP contribution in [0.1, 0.15) is 37.6 Å². The fraction of sp³-hybridized carbons (Fsp3) is 0.727. The van der Waals surface area contributed by atoms with Gasteiger partial charge in [-0.05, 0) is 33.6 Å². The summed E-state index contributed by atoms with van der Waals surface area (Å²) in [6.07, 6.45) is 2.93. The molecule has 2 heterocycles. The SMILES string of the molecule is Cc1noc(C)c1S(=O)(=O)N1CCCCC1C. The number of nitrogens with zero attached hydrogens (tertiary/aromatic N) is 2. The van der Waals surface area contributed by atoms with Gasteiger partial charge < -0.3 is 4.52 Å². The zero-order chi connectivity index (χ0) is 12.6. The van der Waals surface area contributed by atoms with E-state index in [2.05, 4.69) is 5.16 Å². The van der Waals surface area contributed by atoms with Gasteiger partial charge in [0.1, 0.15) is 10.6 Å². The molecule has 0 bridgehead atoms. The second kappa shape index (κ2) is 4.42. The Morgan fingerprint density at radius 2 is 2.06 bits per heavy atom. The van der Waals surface area contributed by atoms with Crippen molar-refractivity contribution in [2.45, 2.75) is 51.0 Å². The van der Waals surface area contributed by atoms with Gasteiger partial charge in [0.25, 0.3) is 0 Å². The maximum Gasteiger partial charge on any atom is 0.248 e. The zero-order valence-corrected chi connectivity index (χ0v) is 11.2. The van der Waals surface area contributed by atoms with Gasteiger partial charge in [-0.2, -0.15) is 4.31 Å². The first kappa shape index (κ1) is 12.6. The van der Waals surface area contributed by atoms with Crippen molar-refractivity contribution in [1.82, 2.24) is 9.46 Å². The van der Waals surface area contributed by atoms with Gasteiger partial charge in [-0.3, -0.25) is 0 Å². The molecule has 0 saturated carbocycles. The van der Waals surface area contributed by atoms with Gasteiger partial charge in [-0.25, -0.2) is 8.42 Å². The van der Waals surface area contributed by atoms with Crippen molar-refractivity contribution in [2.75, 3.05) is 6.54 Å². The van der Waals surface area contributed by atoms with Crippen molar-refractivity contribution in [1.29, 1.82) is 0 Å². The minimum absolute atomic E-state index is 0.0578. The molecule has 2 rings (SSSR count). The number of aromatic nitrogens is 1. The van der Waals surface area contributed by atoms with Crippen LogP contribution in [0.4, 0.5) is 0 Å². The molecule has 0 radical (unpaired) electrons. The highest BCUT2D eigenvalue weighted by Crippen LogP contribution is 2.28. The summed E-state index contributed by atoms with van der Waals surface area (Å²) in [5.74, 6) is 0.375. The lowest BCUT2D eigenvalue weighted by Gasteiger charge is -2.32. The molecule has 1 fully saturated rings. The highest BCUT2D eigenvalue weighted by atomic mass is 32.2. The summed E-state index contributed by atoms with van der Waals surface area (Å²) in [5, 5.41) is 3.72. The van der Waals surface area contributed by atoms with Crippen molar-refractivity contribution in [3.63, 3.8) is 0 Å². The van der Waals surface area contributed by atoms with E-state index in [1.807, 2.05) is 6.92 Å². The van der Waals surface area contributed by atoms with E-state index in [1.54, 1.807) is 18.2 Å². The average molecular weight is 258 g/mol. The Morgan fingerprint density at radius 1 is 1.35 bits per heavy atom. The second-order valence-electron chi connectivity index (χ2n) is 4.61. The third-order valence-electron chi connectivity index (χ3n) is 3.28. The fourth-order valence-corrected chi connectivity index (χ4v) is 4.38. The van der Waals surface area contributed by atoms with E-state index in [4.69, 9.17) is 4.52 Å². The molecule has 0 aromatic carbocycles. The molecule has 1 aromatic rings. The molecule has 1 aliphatic rings. The quantitative estimate of drug-likeness (QED) is 0.812. The Kier molecular flexibility index (Phi) is 3.27. The normalized spacial score (nSPS) is 22.9. The zero-order valence-electron chi connectivity index (χ0n) is 10.4. The topological polar surface area (TPSA) is 63.4 Å².